The largest absolute Gasteiger partial charge is 0.492 e. The molecule has 180 valence electrons. The topological polar surface area (TPSA) is 75.7 Å². The van der Waals surface area contributed by atoms with Gasteiger partial charge in [0.2, 0.25) is 5.91 Å². The Morgan fingerprint density at radius 3 is 2.09 bits per heavy atom. The summed E-state index contributed by atoms with van der Waals surface area (Å²) in [6, 6.07) is 19.4. The van der Waals surface area contributed by atoms with Crippen LogP contribution < -0.4 is 14.4 Å². The van der Waals surface area contributed by atoms with Crippen LogP contribution in [0, 0.1) is 6.92 Å². The molecular formula is C27H32N2O4S. The fourth-order valence-corrected chi connectivity index (χ4v) is 5.22. The van der Waals surface area contributed by atoms with E-state index in [2.05, 4.69) is 5.32 Å². The number of hydrogen-bond donors (Lipinski definition) is 1. The number of carbonyl (C=O) groups is 1. The van der Waals surface area contributed by atoms with Gasteiger partial charge in [0.05, 0.1) is 17.2 Å². The van der Waals surface area contributed by atoms with E-state index in [9.17, 15) is 13.2 Å². The average Bonchev–Trinajstić information content (AvgIpc) is 2.83. The van der Waals surface area contributed by atoms with Gasteiger partial charge in [0.15, 0.2) is 0 Å². The minimum absolute atomic E-state index is 0.111. The molecule has 0 aliphatic heterocycles. The monoisotopic (exact) mass is 480 g/mol. The van der Waals surface area contributed by atoms with Crippen molar-refractivity contribution in [2.24, 2.45) is 0 Å². The fourth-order valence-electron chi connectivity index (χ4n) is 3.79. The smallest absolute Gasteiger partial charge is 0.264 e. The summed E-state index contributed by atoms with van der Waals surface area (Å²) in [6.07, 6.45) is 1.50. The van der Waals surface area contributed by atoms with E-state index in [1.807, 2.05) is 45.9 Å². The molecule has 0 spiro atoms. The first kappa shape index (κ1) is 25.3. The molecule has 0 atom stereocenters. The Kier molecular flexibility index (Phi) is 8.34. The first-order valence-corrected chi connectivity index (χ1v) is 13.0. The second-order valence-electron chi connectivity index (χ2n) is 7.93. The van der Waals surface area contributed by atoms with Gasteiger partial charge in [0.1, 0.15) is 12.3 Å². The zero-order chi connectivity index (χ0) is 24.7. The molecule has 1 amide bonds. The molecule has 0 saturated carbocycles. The van der Waals surface area contributed by atoms with Crippen LogP contribution in [0.4, 0.5) is 11.4 Å². The van der Waals surface area contributed by atoms with E-state index in [1.54, 1.807) is 48.5 Å². The minimum Gasteiger partial charge on any atom is -0.492 e. The molecule has 3 aromatic carbocycles. The van der Waals surface area contributed by atoms with Crippen molar-refractivity contribution in [1.82, 2.24) is 0 Å². The average molecular weight is 481 g/mol. The van der Waals surface area contributed by atoms with Crippen LogP contribution in [-0.4, -0.2) is 27.5 Å². The number of aryl methyl sites for hydroxylation is 3. The van der Waals surface area contributed by atoms with Gasteiger partial charge in [-0.3, -0.25) is 9.10 Å². The van der Waals surface area contributed by atoms with Gasteiger partial charge in [0, 0.05) is 5.69 Å². The van der Waals surface area contributed by atoms with Gasteiger partial charge >= 0.3 is 0 Å². The summed E-state index contributed by atoms with van der Waals surface area (Å²) < 4.78 is 34.3. The molecule has 6 nitrogen and oxygen atoms in total. The SMILES string of the molecule is CCOc1ccccc1N(CC(=O)Nc1c(CC)cccc1CC)S(=O)(=O)c1ccc(C)cc1. The molecule has 1 N–H and O–H groups in total. The van der Waals surface area contributed by atoms with Crippen molar-refractivity contribution in [1.29, 1.82) is 0 Å². The zero-order valence-corrected chi connectivity index (χ0v) is 21.0. The van der Waals surface area contributed by atoms with Crippen LogP contribution in [0.15, 0.2) is 71.6 Å². The molecule has 0 unspecified atom stereocenters. The summed E-state index contributed by atoms with van der Waals surface area (Å²) in [5.74, 6) is -0.0192. The molecule has 0 aliphatic rings. The molecule has 0 aromatic heterocycles. The number of anilines is 2. The molecule has 7 heteroatoms. The molecule has 34 heavy (non-hydrogen) atoms. The van der Waals surface area contributed by atoms with Crippen LogP contribution >= 0.6 is 0 Å². The van der Waals surface area contributed by atoms with Crippen molar-refractivity contribution in [3.8, 4) is 5.75 Å². The van der Waals surface area contributed by atoms with Crippen molar-refractivity contribution in [3.05, 3.63) is 83.4 Å². The first-order valence-electron chi connectivity index (χ1n) is 11.5. The van der Waals surface area contributed by atoms with E-state index in [0.717, 1.165) is 39.5 Å². The number of sulfonamides is 1. The normalized spacial score (nSPS) is 11.2. The number of rotatable bonds is 10. The van der Waals surface area contributed by atoms with E-state index in [0.29, 0.717) is 18.0 Å². The van der Waals surface area contributed by atoms with Gasteiger partial charge in [-0.15, -0.1) is 0 Å². The molecule has 0 radical (unpaired) electrons. The molecule has 3 aromatic rings. The van der Waals surface area contributed by atoms with Gasteiger partial charge < -0.3 is 10.1 Å². The van der Waals surface area contributed by atoms with Gasteiger partial charge in [0.25, 0.3) is 10.0 Å². The van der Waals surface area contributed by atoms with E-state index in [1.165, 1.54) is 0 Å². The van der Waals surface area contributed by atoms with Crippen molar-refractivity contribution >= 4 is 27.3 Å². The van der Waals surface area contributed by atoms with Gasteiger partial charge in [-0.25, -0.2) is 8.42 Å². The minimum atomic E-state index is -4.04. The molecule has 3 rings (SSSR count). The van der Waals surface area contributed by atoms with E-state index in [4.69, 9.17) is 4.74 Å². The van der Waals surface area contributed by atoms with Crippen LogP contribution in [-0.2, 0) is 27.7 Å². The predicted octanol–water partition coefficient (Wildman–Crippen LogP) is 5.35. The lowest BCUT2D eigenvalue weighted by Crippen LogP contribution is -2.38. The van der Waals surface area contributed by atoms with E-state index < -0.39 is 15.9 Å². The van der Waals surface area contributed by atoms with Crippen LogP contribution in [0.3, 0.4) is 0 Å². The van der Waals surface area contributed by atoms with Crippen molar-refractivity contribution in [2.75, 3.05) is 22.8 Å². The lowest BCUT2D eigenvalue weighted by molar-refractivity contribution is -0.114. The number of carbonyl (C=O) groups excluding carboxylic acids is 1. The highest BCUT2D eigenvalue weighted by atomic mass is 32.2. The van der Waals surface area contributed by atoms with Gasteiger partial charge in [-0.05, 0) is 62.1 Å². The summed E-state index contributed by atoms with van der Waals surface area (Å²) in [4.78, 5) is 13.4. The Morgan fingerprint density at radius 2 is 1.50 bits per heavy atom. The zero-order valence-electron chi connectivity index (χ0n) is 20.2. The van der Waals surface area contributed by atoms with Crippen LogP contribution in [0.5, 0.6) is 5.75 Å². The number of amides is 1. The Balaban J connectivity index is 2.04. The Bertz CT molecular complexity index is 1220. The van der Waals surface area contributed by atoms with Gasteiger partial charge in [-0.2, -0.15) is 0 Å². The van der Waals surface area contributed by atoms with E-state index in [-0.39, 0.29) is 11.4 Å². The number of ether oxygens (including phenoxy) is 1. The number of nitrogens with one attached hydrogen (secondary N) is 1. The number of para-hydroxylation sites is 3. The molecule has 0 fully saturated rings. The number of benzene rings is 3. The highest BCUT2D eigenvalue weighted by Gasteiger charge is 2.29. The molecule has 0 bridgehead atoms. The van der Waals surface area contributed by atoms with E-state index >= 15 is 0 Å². The fraction of sp³-hybridized carbons (Fsp3) is 0.296. The summed E-state index contributed by atoms with van der Waals surface area (Å²) in [5.41, 5.74) is 4.04. The first-order chi connectivity index (χ1) is 16.3. The number of nitrogens with zero attached hydrogens (tertiary/aromatic N) is 1. The summed E-state index contributed by atoms with van der Waals surface area (Å²) >= 11 is 0. The lowest BCUT2D eigenvalue weighted by Gasteiger charge is -2.26. The van der Waals surface area contributed by atoms with Crippen molar-refractivity contribution in [3.63, 3.8) is 0 Å². The highest BCUT2D eigenvalue weighted by molar-refractivity contribution is 7.92. The quantitative estimate of drug-likeness (QED) is 0.424. The second kappa shape index (κ2) is 11.2. The molecule has 0 aliphatic carbocycles. The third-order valence-electron chi connectivity index (χ3n) is 5.59. The van der Waals surface area contributed by atoms with Crippen molar-refractivity contribution in [2.45, 2.75) is 45.4 Å². The lowest BCUT2D eigenvalue weighted by atomic mass is 10.0. The third-order valence-corrected chi connectivity index (χ3v) is 7.37. The standard InChI is InChI=1S/C27H32N2O4S/c1-5-21-11-10-12-22(6-2)27(21)28-26(30)19-29(24-13-8-9-14-25(24)33-7-3)34(31,32)23-17-15-20(4)16-18-23/h8-18H,5-7,19H2,1-4H3,(H,28,30). The van der Waals surface area contributed by atoms with Gasteiger partial charge in [-0.1, -0.05) is 61.9 Å². The summed E-state index contributed by atoms with van der Waals surface area (Å²) in [5, 5.41) is 2.98. The predicted molar refractivity (Wildman–Crippen MR) is 137 cm³/mol. The second-order valence-corrected chi connectivity index (χ2v) is 9.79. The van der Waals surface area contributed by atoms with Crippen LogP contribution in [0.25, 0.3) is 0 Å². The van der Waals surface area contributed by atoms with Crippen LogP contribution in [0.2, 0.25) is 0 Å². The molecule has 0 saturated heterocycles. The number of hydrogen-bond acceptors (Lipinski definition) is 4. The highest BCUT2D eigenvalue weighted by Crippen LogP contribution is 2.33. The maximum Gasteiger partial charge on any atom is 0.264 e. The third kappa shape index (κ3) is 5.59. The Hall–Kier alpha value is -3.32. The summed E-state index contributed by atoms with van der Waals surface area (Å²) in [7, 11) is -4.04. The maximum absolute atomic E-state index is 13.7. The molecular weight excluding hydrogens is 448 g/mol. The molecule has 0 heterocycles. The Labute approximate surface area is 202 Å². The van der Waals surface area contributed by atoms with Crippen LogP contribution in [0.1, 0.15) is 37.5 Å². The maximum atomic E-state index is 13.7. The summed E-state index contributed by atoms with van der Waals surface area (Å²) in [6.45, 7) is 7.75. The van der Waals surface area contributed by atoms with Crippen molar-refractivity contribution < 1.29 is 17.9 Å². The Morgan fingerprint density at radius 1 is 0.882 bits per heavy atom.